The number of aromatic nitrogens is 3. The van der Waals surface area contributed by atoms with Crippen LogP contribution in [0.5, 0.6) is 11.6 Å². The lowest BCUT2D eigenvalue weighted by molar-refractivity contribution is -0.663. The molecule has 10 heteroatoms. The molecule has 2 aromatic rings. The van der Waals surface area contributed by atoms with Gasteiger partial charge in [-0.15, -0.1) is 0 Å². The highest BCUT2D eigenvalue weighted by Gasteiger charge is 2.33. The van der Waals surface area contributed by atoms with E-state index < -0.39 is 40.5 Å². The van der Waals surface area contributed by atoms with Gasteiger partial charge in [0.05, 0.1) is 0 Å². The maximum Gasteiger partial charge on any atom is 0.433 e. The number of carbonyl (C=O) groups is 1. The number of rotatable bonds is 2. The van der Waals surface area contributed by atoms with Gasteiger partial charge >= 0.3 is 6.18 Å². The number of pyridine rings is 1. The van der Waals surface area contributed by atoms with Gasteiger partial charge in [0.2, 0.25) is 0 Å². The van der Waals surface area contributed by atoms with Crippen LogP contribution in [0.15, 0.2) is 24.5 Å². The highest BCUT2D eigenvalue weighted by molar-refractivity contribution is 5.98. The maximum absolute atomic E-state index is 12.5. The second-order valence-electron chi connectivity index (χ2n) is 6.24. The second-order valence-corrected chi connectivity index (χ2v) is 6.24. The number of carbonyl (C=O) groups excluding carboxylic acids is 1. The number of hydrogen-bond donors (Lipinski definition) is 2. The van der Waals surface area contributed by atoms with Crippen molar-refractivity contribution in [1.29, 1.82) is 0 Å². The number of amides is 1. The van der Waals surface area contributed by atoms with Gasteiger partial charge in [-0.05, 0) is 37.3 Å². The first-order chi connectivity index (χ1) is 11.4. The van der Waals surface area contributed by atoms with Crippen LogP contribution in [-0.4, -0.2) is 26.6 Å². The van der Waals surface area contributed by atoms with E-state index in [4.69, 9.17) is 0 Å². The van der Waals surface area contributed by atoms with E-state index in [1.807, 2.05) is 0 Å². The molecule has 0 aromatic carbocycles. The number of hydrogen-bond acceptors (Lipinski definition) is 5. The van der Waals surface area contributed by atoms with Crippen LogP contribution < -0.4 is 15.1 Å². The van der Waals surface area contributed by atoms with E-state index in [0.717, 1.165) is 23.1 Å². The largest absolute Gasteiger partial charge is 0.868 e. The summed E-state index contributed by atoms with van der Waals surface area (Å²) in [7, 11) is 0. The Hall–Kier alpha value is -2.91. The van der Waals surface area contributed by atoms with Gasteiger partial charge in [-0.2, -0.15) is 13.2 Å². The third-order valence-corrected chi connectivity index (χ3v) is 2.93. The van der Waals surface area contributed by atoms with Crippen molar-refractivity contribution in [2.24, 2.45) is 0 Å². The van der Waals surface area contributed by atoms with Gasteiger partial charge < -0.3 is 15.5 Å². The summed E-state index contributed by atoms with van der Waals surface area (Å²) in [5, 5.41) is 28.1. The zero-order valence-electron chi connectivity index (χ0n) is 13.5. The Morgan fingerprint density at radius 1 is 1.28 bits per heavy atom. The Labute approximate surface area is 140 Å². The van der Waals surface area contributed by atoms with E-state index in [1.54, 1.807) is 20.8 Å². The first kappa shape index (κ1) is 18.4. The highest BCUT2D eigenvalue weighted by Crippen LogP contribution is 2.27. The van der Waals surface area contributed by atoms with Crippen LogP contribution in [0.2, 0.25) is 0 Å². The standard InChI is InChI=1S/C15H15F3N4O3/c1-14(2,3)20-12(24)11-9(23)7-22(21-13(11)25)8-4-5-10(19-6-8)15(16,17)18/h4-7H,1-3H3,(H2-,20,21,23,24,25). The van der Waals surface area contributed by atoms with Crippen LogP contribution in [0.3, 0.4) is 0 Å². The van der Waals surface area contributed by atoms with Crippen molar-refractivity contribution in [1.82, 2.24) is 15.4 Å². The molecule has 2 heterocycles. The molecule has 2 N–H and O–H groups in total. The van der Waals surface area contributed by atoms with Crippen molar-refractivity contribution in [2.45, 2.75) is 32.5 Å². The van der Waals surface area contributed by atoms with E-state index in [2.05, 4.69) is 15.4 Å². The van der Waals surface area contributed by atoms with Crippen LogP contribution in [0.1, 0.15) is 36.8 Å². The van der Waals surface area contributed by atoms with Gasteiger partial charge in [0.15, 0.2) is 6.20 Å². The third kappa shape index (κ3) is 4.34. The summed E-state index contributed by atoms with van der Waals surface area (Å²) in [6.45, 7) is 5.07. The van der Waals surface area contributed by atoms with E-state index in [9.17, 15) is 28.2 Å². The summed E-state index contributed by atoms with van der Waals surface area (Å²) >= 11 is 0. The van der Waals surface area contributed by atoms with Crippen molar-refractivity contribution in [3.63, 3.8) is 0 Å². The number of nitrogens with zero attached hydrogens (tertiary/aromatic N) is 3. The molecule has 0 bridgehead atoms. The van der Waals surface area contributed by atoms with Crippen molar-refractivity contribution in [2.75, 3.05) is 0 Å². The van der Waals surface area contributed by atoms with Gasteiger partial charge in [-0.1, -0.05) is 0 Å². The molecule has 134 valence electrons. The monoisotopic (exact) mass is 356 g/mol. The zero-order valence-corrected chi connectivity index (χ0v) is 13.5. The molecule has 0 fully saturated rings. The molecule has 0 atom stereocenters. The molecule has 0 aliphatic heterocycles. The quantitative estimate of drug-likeness (QED) is 0.784. The highest BCUT2D eigenvalue weighted by atomic mass is 19.4. The SMILES string of the molecule is CC(C)(C)NC(=O)c1c([O-])c[n+](-c2ccc(C(F)(F)F)nc2)nc1O. The molecule has 0 aliphatic carbocycles. The fourth-order valence-corrected chi connectivity index (χ4v) is 1.90. The minimum atomic E-state index is -4.60. The average Bonchev–Trinajstić information content (AvgIpc) is 2.43. The lowest BCUT2D eigenvalue weighted by Crippen LogP contribution is -2.42. The Bertz CT molecular complexity index is 776. The second kappa shape index (κ2) is 6.19. The summed E-state index contributed by atoms with van der Waals surface area (Å²) in [4.78, 5) is 15.3. The van der Waals surface area contributed by atoms with Crippen molar-refractivity contribution < 1.29 is 32.9 Å². The summed E-state index contributed by atoms with van der Waals surface area (Å²) in [6.07, 6.45) is -2.87. The molecular formula is C15H15F3N4O3. The Balaban J connectivity index is 2.38. The van der Waals surface area contributed by atoms with Gasteiger partial charge in [-0.3, -0.25) is 4.79 Å². The molecule has 2 aromatic heterocycles. The molecule has 1 amide bonds. The van der Waals surface area contributed by atoms with Gasteiger partial charge in [0.1, 0.15) is 17.5 Å². The maximum atomic E-state index is 12.5. The number of alkyl halides is 3. The van der Waals surface area contributed by atoms with Gasteiger partial charge in [-0.25, -0.2) is 4.98 Å². The fourth-order valence-electron chi connectivity index (χ4n) is 1.90. The Morgan fingerprint density at radius 3 is 2.36 bits per heavy atom. The minimum absolute atomic E-state index is 0.0168. The summed E-state index contributed by atoms with van der Waals surface area (Å²) in [5.41, 5.74) is -2.28. The van der Waals surface area contributed by atoms with Crippen LogP contribution in [-0.2, 0) is 6.18 Å². The number of aromatic hydroxyl groups is 1. The first-order valence-corrected chi connectivity index (χ1v) is 7.07. The van der Waals surface area contributed by atoms with E-state index in [0.29, 0.717) is 6.07 Å². The molecule has 0 saturated heterocycles. The molecule has 0 spiro atoms. The minimum Gasteiger partial charge on any atom is -0.868 e. The van der Waals surface area contributed by atoms with E-state index >= 15 is 0 Å². The fraction of sp³-hybridized carbons (Fsp3) is 0.333. The normalized spacial score (nSPS) is 12.1. The number of nitrogens with one attached hydrogen (secondary N) is 1. The summed E-state index contributed by atoms with van der Waals surface area (Å²) in [6, 6.07) is 1.75. The molecular weight excluding hydrogens is 341 g/mol. The zero-order chi connectivity index (χ0) is 19.0. The molecule has 0 unspecified atom stereocenters. The lowest BCUT2D eigenvalue weighted by Gasteiger charge is -2.21. The molecule has 0 aliphatic rings. The topological polar surface area (TPSA) is 102 Å². The Kier molecular flexibility index (Phi) is 4.56. The van der Waals surface area contributed by atoms with Crippen LogP contribution in [0, 0.1) is 0 Å². The predicted molar refractivity (Wildman–Crippen MR) is 76.9 cm³/mol. The molecule has 2 rings (SSSR count). The van der Waals surface area contributed by atoms with Gasteiger partial charge in [0, 0.05) is 16.7 Å². The number of halogens is 3. The smallest absolute Gasteiger partial charge is 0.433 e. The molecule has 0 radical (unpaired) electrons. The van der Waals surface area contributed by atoms with E-state index in [-0.39, 0.29) is 5.69 Å². The lowest BCUT2D eigenvalue weighted by atomic mass is 10.1. The summed E-state index contributed by atoms with van der Waals surface area (Å²) < 4.78 is 38.4. The van der Waals surface area contributed by atoms with Gasteiger partial charge in [0.25, 0.3) is 17.5 Å². The van der Waals surface area contributed by atoms with Crippen molar-refractivity contribution >= 4 is 5.91 Å². The van der Waals surface area contributed by atoms with Crippen molar-refractivity contribution in [3.05, 3.63) is 35.8 Å². The van der Waals surface area contributed by atoms with Crippen LogP contribution in [0.4, 0.5) is 13.2 Å². The van der Waals surface area contributed by atoms with Crippen LogP contribution in [0.25, 0.3) is 5.69 Å². The van der Waals surface area contributed by atoms with Crippen molar-refractivity contribution in [3.8, 4) is 17.3 Å². The molecule has 7 nitrogen and oxygen atoms in total. The van der Waals surface area contributed by atoms with E-state index in [1.165, 1.54) is 0 Å². The average molecular weight is 356 g/mol. The molecule has 25 heavy (non-hydrogen) atoms. The summed E-state index contributed by atoms with van der Waals surface area (Å²) in [5.74, 6) is -2.48. The Morgan fingerprint density at radius 2 is 1.92 bits per heavy atom. The first-order valence-electron chi connectivity index (χ1n) is 7.07. The predicted octanol–water partition coefficient (Wildman–Crippen LogP) is 1.08. The third-order valence-electron chi connectivity index (χ3n) is 2.93. The molecule has 0 saturated carbocycles. The van der Waals surface area contributed by atoms with Crippen LogP contribution >= 0.6 is 0 Å².